The lowest BCUT2D eigenvalue weighted by Crippen LogP contribution is -2.60. The molecule has 10 nitrogen and oxygen atoms in total. The average Bonchev–Trinajstić information content (AvgIpc) is 3.18. The third kappa shape index (κ3) is 6.73. The number of hydrogen-bond acceptors (Lipinski definition) is 5. The fourth-order valence-corrected chi connectivity index (χ4v) is 4.99. The Morgan fingerprint density at radius 3 is 2.29 bits per heavy atom. The molecular weight excluding hydrogens is 450 g/mol. The van der Waals surface area contributed by atoms with Gasteiger partial charge >= 0.3 is 6.03 Å². The van der Waals surface area contributed by atoms with E-state index in [1.54, 1.807) is 4.90 Å². The number of hydrogen-bond donors (Lipinski definition) is 4. The van der Waals surface area contributed by atoms with E-state index in [1.165, 1.54) is 0 Å². The van der Waals surface area contributed by atoms with Gasteiger partial charge in [-0.25, -0.2) is 4.79 Å². The Kier molecular flexibility index (Phi) is 7.53. The lowest BCUT2D eigenvalue weighted by atomic mass is 9.85. The quantitative estimate of drug-likeness (QED) is 0.395. The molecule has 1 saturated carbocycles. The number of amides is 5. The van der Waals surface area contributed by atoms with Gasteiger partial charge in [-0.3, -0.25) is 14.4 Å². The molecule has 0 bridgehead atoms. The first kappa shape index (κ1) is 26.9. The van der Waals surface area contributed by atoms with Gasteiger partial charge in [0.15, 0.2) is 0 Å². The Bertz CT molecular complexity index is 870. The van der Waals surface area contributed by atoms with Gasteiger partial charge in [0, 0.05) is 24.5 Å². The van der Waals surface area contributed by atoms with Crippen LogP contribution in [0, 0.1) is 16.7 Å². The summed E-state index contributed by atoms with van der Waals surface area (Å²) < 4.78 is 0. The Morgan fingerprint density at radius 2 is 1.80 bits per heavy atom. The van der Waals surface area contributed by atoms with Gasteiger partial charge in [0.05, 0.1) is 6.04 Å². The van der Waals surface area contributed by atoms with Crippen LogP contribution in [0.5, 0.6) is 0 Å². The van der Waals surface area contributed by atoms with Gasteiger partial charge in [-0.2, -0.15) is 0 Å². The third-order valence-electron chi connectivity index (χ3n) is 7.12. The molecule has 2 saturated heterocycles. The molecular formula is C25H41N5O5. The van der Waals surface area contributed by atoms with Crippen LogP contribution in [0.15, 0.2) is 0 Å². The van der Waals surface area contributed by atoms with E-state index in [0.717, 1.165) is 12.8 Å². The molecule has 3 rings (SSSR count). The average molecular weight is 492 g/mol. The summed E-state index contributed by atoms with van der Waals surface area (Å²) in [6.45, 7) is 12.2. The molecule has 196 valence electrons. The number of nitrogens with one attached hydrogen (secondary N) is 4. The monoisotopic (exact) mass is 491 g/mol. The molecule has 2 aliphatic heterocycles. The number of urea groups is 1. The van der Waals surface area contributed by atoms with Crippen molar-refractivity contribution in [2.45, 2.75) is 97.3 Å². The van der Waals surface area contributed by atoms with E-state index in [0.29, 0.717) is 32.2 Å². The summed E-state index contributed by atoms with van der Waals surface area (Å²) in [4.78, 5) is 64.9. The Balaban J connectivity index is 1.74. The van der Waals surface area contributed by atoms with Crippen molar-refractivity contribution in [3.8, 4) is 0 Å². The number of aldehydes is 1. The van der Waals surface area contributed by atoms with Crippen LogP contribution in [0.25, 0.3) is 0 Å². The summed E-state index contributed by atoms with van der Waals surface area (Å²) in [5, 5.41) is 11.2. The molecule has 3 fully saturated rings. The summed E-state index contributed by atoms with van der Waals surface area (Å²) in [5.41, 5.74) is -1.13. The molecule has 1 spiro atoms. The Morgan fingerprint density at radius 1 is 1.14 bits per heavy atom. The molecule has 2 heterocycles. The number of rotatable bonds is 7. The zero-order valence-corrected chi connectivity index (χ0v) is 21.8. The maximum absolute atomic E-state index is 13.8. The van der Waals surface area contributed by atoms with Crippen molar-refractivity contribution in [3.05, 3.63) is 0 Å². The number of carbonyl (C=O) groups excluding carboxylic acids is 5. The van der Waals surface area contributed by atoms with Gasteiger partial charge < -0.3 is 31.0 Å². The Hall–Kier alpha value is -2.65. The minimum absolute atomic E-state index is 0.0736. The topological polar surface area (TPSA) is 137 Å². The maximum Gasteiger partial charge on any atom is 0.315 e. The van der Waals surface area contributed by atoms with Crippen molar-refractivity contribution < 1.29 is 24.0 Å². The number of likely N-dealkylation sites (tertiary alicyclic amines) is 1. The van der Waals surface area contributed by atoms with Crippen LogP contribution in [0.2, 0.25) is 0 Å². The van der Waals surface area contributed by atoms with Gasteiger partial charge in [-0.1, -0.05) is 20.8 Å². The van der Waals surface area contributed by atoms with Crippen molar-refractivity contribution in [3.63, 3.8) is 0 Å². The van der Waals surface area contributed by atoms with E-state index in [-0.39, 0.29) is 35.5 Å². The molecule has 5 amide bonds. The van der Waals surface area contributed by atoms with Crippen molar-refractivity contribution in [2.75, 3.05) is 13.1 Å². The van der Waals surface area contributed by atoms with Crippen LogP contribution >= 0.6 is 0 Å². The lowest BCUT2D eigenvalue weighted by molar-refractivity contribution is -0.142. The second-order valence-corrected chi connectivity index (χ2v) is 12.6. The lowest BCUT2D eigenvalue weighted by Gasteiger charge is -2.36. The molecule has 35 heavy (non-hydrogen) atoms. The normalized spacial score (nSPS) is 25.0. The van der Waals surface area contributed by atoms with Gasteiger partial charge in [0.2, 0.25) is 17.7 Å². The molecule has 0 radical (unpaired) electrons. The predicted molar refractivity (Wildman–Crippen MR) is 130 cm³/mol. The SMILES string of the molecule is CC(C)(C)NC(=O)NC(C(=O)N1CC2(CC2)C[C@H]1C(=O)NC(C=O)C[C@@H]1CCNC1=O)C(C)(C)C. The van der Waals surface area contributed by atoms with E-state index in [2.05, 4.69) is 21.3 Å². The van der Waals surface area contributed by atoms with Crippen LogP contribution in [0.4, 0.5) is 4.79 Å². The minimum Gasteiger partial charge on any atom is -0.356 e. The molecule has 4 atom stereocenters. The largest absolute Gasteiger partial charge is 0.356 e. The molecule has 0 aromatic carbocycles. The first-order chi connectivity index (χ1) is 16.1. The summed E-state index contributed by atoms with van der Waals surface area (Å²) in [5.74, 6) is -1.10. The number of carbonyl (C=O) groups is 5. The van der Waals surface area contributed by atoms with Crippen LogP contribution in [-0.2, 0) is 19.2 Å². The maximum atomic E-state index is 13.8. The standard InChI is InChI=1S/C25H41N5O5/c1-23(2,3)18(28-22(35)29-24(4,5)6)21(34)30-14-25(8-9-25)12-17(30)20(33)27-16(13-31)11-15-7-10-26-19(15)32/h13,15-18H,7-12,14H2,1-6H3,(H,26,32)(H,27,33)(H2,28,29,35)/t15-,16?,17-,18?/m0/s1. The van der Waals surface area contributed by atoms with E-state index in [9.17, 15) is 24.0 Å². The molecule has 10 heteroatoms. The van der Waals surface area contributed by atoms with Crippen molar-refractivity contribution >= 4 is 30.0 Å². The molecule has 2 unspecified atom stereocenters. The van der Waals surface area contributed by atoms with Gasteiger partial charge in [-0.15, -0.1) is 0 Å². The summed E-state index contributed by atoms with van der Waals surface area (Å²) in [6.07, 6.45) is 3.95. The molecule has 3 aliphatic rings. The molecule has 1 aliphatic carbocycles. The van der Waals surface area contributed by atoms with E-state index in [4.69, 9.17) is 0 Å². The summed E-state index contributed by atoms with van der Waals surface area (Å²) in [7, 11) is 0. The van der Waals surface area contributed by atoms with Gasteiger partial charge in [-0.05, 0) is 63.7 Å². The second kappa shape index (κ2) is 9.78. The van der Waals surface area contributed by atoms with Crippen LogP contribution < -0.4 is 21.3 Å². The highest BCUT2D eigenvalue weighted by atomic mass is 16.2. The first-order valence-electron chi connectivity index (χ1n) is 12.6. The van der Waals surface area contributed by atoms with E-state index < -0.39 is 35.1 Å². The fraction of sp³-hybridized carbons (Fsp3) is 0.800. The smallest absolute Gasteiger partial charge is 0.315 e. The van der Waals surface area contributed by atoms with Crippen LogP contribution in [0.3, 0.4) is 0 Å². The molecule has 4 N–H and O–H groups in total. The highest BCUT2D eigenvalue weighted by Gasteiger charge is 2.56. The highest BCUT2D eigenvalue weighted by molar-refractivity contribution is 5.94. The van der Waals surface area contributed by atoms with Gasteiger partial charge in [0.25, 0.3) is 0 Å². The Labute approximate surface area is 207 Å². The minimum atomic E-state index is -0.835. The van der Waals surface area contributed by atoms with Gasteiger partial charge in [0.1, 0.15) is 18.4 Å². The first-order valence-corrected chi connectivity index (χ1v) is 12.6. The van der Waals surface area contributed by atoms with Crippen molar-refractivity contribution in [2.24, 2.45) is 16.7 Å². The number of nitrogens with zero attached hydrogens (tertiary/aromatic N) is 1. The zero-order chi connectivity index (χ0) is 26.2. The predicted octanol–water partition coefficient (Wildman–Crippen LogP) is 1.09. The molecule has 0 aromatic heterocycles. The van der Waals surface area contributed by atoms with E-state index in [1.807, 2.05) is 41.5 Å². The van der Waals surface area contributed by atoms with Crippen LogP contribution in [0.1, 0.15) is 73.6 Å². The summed E-state index contributed by atoms with van der Waals surface area (Å²) in [6, 6.07) is -2.79. The zero-order valence-electron chi connectivity index (χ0n) is 21.8. The van der Waals surface area contributed by atoms with Crippen molar-refractivity contribution in [1.29, 1.82) is 0 Å². The second-order valence-electron chi connectivity index (χ2n) is 12.6. The third-order valence-corrected chi connectivity index (χ3v) is 7.12. The highest BCUT2D eigenvalue weighted by Crippen LogP contribution is 2.55. The molecule has 0 aromatic rings. The fourth-order valence-electron chi connectivity index (χ4n) is 4.99. The summed E-state index contributed by atoms with van der Waals surface area (Å²) >= 11 is 0. The van der Waals surface area contributed by atoms with E-state index >= 15 is 0 Å². The van der Waals surface area contributed by atoms with Crippen molar-refractivity contribution in [1.82, 2.24) is 26.2 Å². The van der Waals surface area contributed by atoms with Crippen LogP contribution in [-0.4, -0.2) is 71.7 Å².